The molecule has 0 radical (unpaired) electrons. The summed E-state index contributed by atoms with van der Waals surface area (Å²) < 4.78 is 1.98. The zero-order valence-electron chi connectivity index (χ0n) is 9.70. The van der Waals surface area contributed by atoms with E-state index in [-0.39, 0.29) is 0 Å². The summed E-state index contributed by atoms with van der Waals surface area (Å²) in [7, 11) is 0. The average Bonchev–Trinajstić information content (AvgIpc) is 2.76. The molecule has 0 fully saturated rings. The molecule has 0 aliphatic rings. The molecule has 18 heavy (non-hydrogen) atoms. The van der Waals surface area contributed by atoms with E-state index < -0.39 is 0 Å². The summed E-state index contributed by atoms with van der Waals surface area (Å²) in [5.41, 5.74) is 0. The first kappa shape index (κ1) is 13.8. The number of halogens is 2. The number of hydrogen-bond acceptors (Lipinski definition) is 5. The van der Waals surface area contributed by atoms with E-state index in [0.717, 1.165) is 27.9 Å². The Bertz CT molecular complexity index is 530. The Morgan fingerprint density at radius 3 is 2.78 bits per heavy atom. The van der Waals surface area contributed by atoms with Crippen molar-refractivity contribution < 1.29 is 0 Å². The quantitative estimate of drug-likeness (QED) is 0.805. The lowest BCUT2D eigenvalue weighted by atomic mass is 10.4. The van der Waals surface area contributed by atoms with E-state index in [1.54, 1.807) is 17.5 Å². The molecule has 2 N–H and O–H groups in total. The molecule has 0 spiro atoms. The topological polar surface area (TPSA) is 49.8 Å². The summed E-state index contributed by atoms with van der Waals surface area (Å²) in [6, 6.07) is 2.04. The van der Waals surface area contributed by atoms with Gasteiger partial charge < -0.3 is 10.6 Å². The second-order valence-corrected chi connectivity index (χ2v) is 6.18. The molecule has 0 atom stereocenters. The van der Waals surface area contributed by atoms with Crippen molar-refractivity contribution in [2.45, 2.75) is 13.5 Å². The van der Waals surface area contributed by atoms with Gasteiger partial charge in [-0.15, -0.1) is 11.3 Å². The van der Waals surface area contributed by atoms with Gasteiger partial charge in [-0.3, -0.25) is 0 Å². The molecule has 7 heteroatoms. The summed E-state index contributed by atoms with van der Waals surface area (Å²) in [6.07, 6.45) is 1.75. The van der Waals surface area contributed by atoms with Crippen molar-refractivity contribution in [1.82, 2.24) is 9.97 Å². The van der Waals surface area contributed by atoms with Crippen LogP contribution in [0, 0.1) is 0 Å². The van der Waals surface area contributed by atoms with Crippen LogP contribution in [0.1, 0.15) is 11.8 Å². The smallest absolute Gasteiger partial charge is 0.224 e. The molecule has 2 heterocycles. The minimum absolute atomic E-state index is 0.633. The van der Waals surface area contributed by atoms with Gasteiger partial charge in [0.15, 0.2) is 0 Å². The van der Waals surface area contributed by atoms with Crippen LogP contribution in [0.3, 0.4) is 0 Å². The van der Waals surface area contributed by atoms with Crippen LogP contribution in [0.25, 0.3) is 0 Å². The van der Waals surface area contributed by atoms with Gasteiger partial charge in [0.1, 0.15) is 5.82 Å². The maximum Gasteiger partial charge on any atom is 0.224 e. The Morgan fingerprint density at radius 1 is 1.28 bits per heavy atom. The highest BCUT2D eigenvalue weighted by atomic mass is 79.9. The van der Waals surface area contributed by atoms with E-state index in [2.05, 4.69) is 57.8 Å². The number of nitrogens with zero attached hydrogens (tertiary/aromatic N) is 2. The second-order valence-electron chi connectivity index (χ2n) is 3.47. The minimum atomic E-state index is 0.633. The van der Waals surface area contributed by atoms with Crippen LogP contribution in [0.15, 0.2) is 26.6 Å². The molecule has 0 unspecified atom stereocenters. The predicted molar refractivity (Wildman–Crippen MR) is 83.2 cm³/mol. The van der Waals surface area contributed by atoms with Gasteiger partial charge in [0, 0.05) is 22.1 Å². The lowest BCUT2D eigenvalue weighted by Crippen LogP contribution is -2.06. The lowest BCUT2D eigenvalue weighted by Gasteiger charge is -2.08. The minimum Gasteiger partial charge on any atom is -0.364 e. The molecule has 0 aliphatic heterocycles. The van der Waals surface area contributed by atoms with Crippen LogP contribution in [-0.4, -0.2) is 16.5 Å². The van der Waals surface area contributed by atoms with E-state index in [4.69, 9.17) is 0 Å². The fourth-order valence-electron chi connectivity index (χ4n) is 1.35. The third-order valence-electron chi connectivity index (χ3n) is 2.19. The number of thiophene rings is 1. The molecule has 0 aromatic carbocycles. The first-order valence-electron chi connectivity index (χ1n) is 5.43. The Kier molecular flexibility index (Phi) is 4.96. The van der Waals surface area contributed by atoms with Crippen LogP contribution in [0.5, 0.6) is 0 Å². The first-order valence-corrected chi connectivity index (χ1v) is 7.89. The van der Waals surface area contributed by atoms with Crippen molar-refractivity contribution in [1.29, 1.82) is 0 Å². The second kappa shape index (κ2) is 6.49. The Labute approximate surface area is 126 Å². The van der Waals surface area contributed by atoms with E-state index in [0.29, 0.717) is 5.95 Å². The summed E-state index contributed by atoms with van der Waals surface area (Å²) in [4.78, 5) is 9.82. The van der Waals surface area contributed by atoms with Crippen LogP contribution in [-0.2, 0) is 6.54 Å². The first-order chi connectivity index (χ1) is 8.70. The van der Waals surface area contributed by atoms with Crippen molar-refractivity contribution >= 4 is 55.0 Å². The maximum atomic E-state index is 4.40. The zero-order chi connectivity index (χ0) is 13.0. The fraction of sp³-hybridized carbons (Fsp3) is 0.273. The van der Waals surface area contributed by atoms with Crippen molar-refractivity contribution in [2.75, 3.05) is 17.2 Å². The van der Waals surface area contributed by atoms with E-state index >= 15 is 0 Å². The van der Waals surface area contributed by atoms with Crippen LogP contribution < -0.4 is 10.6 Å². The van der Waals surface area contributed by atoms with Crippen molar-refractivity contribution in [3.63, 3.8) is 0 Å². The number of anilines is 2. The number of hydrogen-bond donors (Lipinski definition) is 2. The van der Waals surface area contributed by atoms with Crippen molar-refractivity contribution in [3.8, 4) is 0 Å². The third kappa shape index (κ3) is 3.43. The van der Waals surface area contributed by atoms with Gasteiger partial charge in [-0.25, -0.2) is 4.98 Å². The van der Waals surface area contributed by atoms with Crippen molar-refractivity contribution in [2.24, 2.45) is 0 Å². The summed E-state index contributed by atoms with van der Waals surface area (Å²) in [6.45, 7) is 3.55. The molecule has 2 aromatic rings. The van der Waals surface area contributed by atoms with Gasteiger partial charge in [-0.05, 0) is 50.2 Å². The monoisotopic (exact) mass is 390 g/mol. The normalized spacial score (nSPS) is 10.4. The number of rotatable bonds is 5. The molecule has 0 amide bonds. The predicted octanol–water partition coefficient (Wildman–Crippen LogP) is 4.11. The zero-order valence-corrected chi connectivity index (χ0v) is 13.7. The Morgan fingerprint density at radius 2 is 2.11 bits per heavy atom. The molecule has 0 saturated heterocycles. The molecule has 0 aliphatic carbocycles. The largest absolute Gasteiger partial charge is 0.364 e. The van der Waals surface area contributed by atoms with Gasteiger partial charge in [-0.2, -0.15) is 4.98 Å². The van der Waals surface area contributed by atoms with Gasteiger partial charge in [0.25, 0.3) is 0 Å². The molecule has 2 rings (SSSR count). The highest BCUT2D eigenvalue weighted by molar-refractivity contribution is 9.11. The number of aromatic nitrogens is 2. The standard InChI is InChI=1S/C11H12Br2N4S/c1-2-14-11-16-5-8(13)10(17-11)15-6-9-7(12)3-4-18-9/h3-5H,2,6H2,1H3,(H2,14,15,16,17). The summed E-state index contributed by atoms with van der Waals surface area (Å²) >= 11 is 8.66. The van der Waals surface area contributed by atoms with Crippen LogP contribution in [0.2, 0.25) is 0 Å². The van der Waals surface area contributed by atoms with Gasteiger partial charge in [-0.1, -0.05) is 0 Å². The van der Waals surface area contributed by atoms with Crippen LogP contribution >= 0.6 is 43.2 Å². The highest BCUT2D eigenvalue weighted by Crippen LogP contribution is 2.25. The molecule has 4 nitrogen and oxygen atoms in total. The average molecular weight is 392 g/mol. The lowest BCUT2D eigenvalue weighted by molar-refractivity contribution is 1.05. The maximum absolute atomic E-state index is 4.40. The van der Waals surface area contributed by atoms with Crippen LogP contribution in [0.4, 0.5) is 11.8 Å². The van der Waals surface area contributed by atoms with Gasteiger partial charge >= 0.3 is 0 Å². The molecule has 96 valence electrons. The SMILES string of the molecule is CCNc1ncc(Br)c(NCc2sccc2Br)n1. The van der Waals surface area contributed by atoms with Gasteiger partial charge in [0.05, 0.1) is 11.0 Å². The molecular formula is C11H12Br2N4S. The summed E-state index contributed by atoms with van der Waals surface area (Å²) in [5, 5.41) is 8.44. The Hall–Kier alpha value is -0.660. The van der Waals surface area contributed by atoms with E-state index in [1.165, 1.54) is 4.88 Å². The fourth-order valence-corrected chi connectivity index (χ4v) is 3.11. The van der Waals surface area contributed by atoms with E-state index in [1.807, 2.05) is 13.0 Å². The summed E-state index contributed by atoms with van der Waals surface area (Å²) in [5.74, 6) is 1.43. The molecule has 0 saturated carbocycles. The molecular weight excluding hydrogens is 380 g/mol. The molecule has 0 bridgehead atoms. The Balaban J connectivity index is 2.08. The van der Waals surface area contributed by atoms with E-state index in [9.17, 15) is 0 Å². The van der Waals surface area contributed by atoms with Crippen molar-refractivity contribution in [3.05, 3.63) is 31.5 Å². The molecule has 2 aromatic heterocycles. The third-order valence-corrected chi connectivity index (χ3v) is 4.69. The highest BCUT2D eigenvalue weighted by Gasteiger charge is 2.06. The van der Waals surface area contributed by atoms with Gasteiger partial charge in [0.2, 0.25) is 5.95 Å². The number of nitrogens with one attached hydrogen (secondary N) is 2.